The second-order valence-corrected chi connectivity index (χ2v) is 5.82. The van der Waals surface area contributed by atoms with Crippen LogP contribution < -0.4 is 15.4 Å². The van der Waals surface area contributed by atoms with E-state index in [1.807, 2.05) is 13.0 Å². The molecule has 0 aromatic heterocycles. The third-order valence-corrected chi connectivity index (χ3v) is 3.94. The Morgan fingerprint density at radius 1 is 1.38 bits per heavy atom. The van der Waals surface area contributed by atoms with Crippen molar-refractivity contribution >= 4 is 11.4 Å². The van der Waals surface area contributed by atoms with E-state index < -0.39 is 0 Å². The lowest BCUT2D eigenvalue weighted by Gasteiger charge is -2.34. The van der Waals surface area contributed by atoms with Crippen molar-refractivity contribution in [3.05, 3.63) is 28.3 Å². The molecule has 1 aliphatic heterocycles. The third-order valence-electron chi connectivity index (χ3n) is 3.94. The van der Waals surface area contributed by atoms with Crippen molar-refractivity contribution in [2.75, 3.05) is 31.6 Å². The number of benzene rings is 1. The Morgan fingerprint density at radius 3 is 2.71 bits per heavy atom. The zero-order valence-electron chi connectivity index (χ0n) is 12.6. The van der Waals surface area contributed by atoms with Crippen LogP contribution in [0.2, 0.25) is 0 Å². The number of hydrogen-bond acceptors (Lipinski definition) is 5. The monoisotopic (exact) mass is 293 g/mol. The summed E-state index contributed by atoms with van der Waals surface area (Å²) >= 11 is 0. The lowest BCUT2D eigenvalue weighted by Crippen LogP contribution is -2.39. The summed E-state index contributed by atoms with van der Waals surface area (Å²) in [7, 11) is 0. The van der Waals surface area contributed by atoms with Crippen molar-refractivity contribution in [2.45, 2.75) is 26.7 Å². The zero-order chi connectivity index (χ0) is 15.3. The highest BCUT2D eigenvalue weighted by Crippen LogP contribution is 2.30. The second kappa shape index (κ2) is 6.76. The van der Waals surface area contributed by atoms with E-state index in [4.69, 9.17) is 4.74 Å². The van der Waals surface area contributed by atoms with Crippen LogP contribution in [0.25, 0.3) is 0 Å². The van der Waals surface area contributed by atoms with Crippen molar-refractivity contribution in [3.8, 4) is 5.75 Å². The standard InChI is InChI=1S/C15H23N3O3/c1-3-21-14-9-12(8-13(10-14)18(19)20)17-11-15(2)4-6-16-7-5-15/h8-10,16-17H,3-7,11H2,1-2H3. The van der Waals surface area contributed by atoms with Crippen molar-refractivity contribution in [3.63, 3.8) is 0 Å². The van der Waals surface area contributed by atoms with E-state index in [2.05, 4.69) is 17.6 Å². The molecule has 0 unspecified atom stereocenters. The minimum atomic E-state index is -0.389. The molecule has 1 saturated heterocycles. The molecular formula is C15H23N3O3. The molecule has 0 aliphatic carbocycles. The summed E-state index contributed by atoms with van der Waals surface area (Å²) in [6.07, 6.45) is 2.21. The summed E-state index contributed by atoms with van der Waals surface area (Å²) in [6, 6.07) is 4.84. The Hall–Kier alpha value is -1.82. The summed E-state index contributed by atoms with van der Waals surface area (Å²) in [5.74, 6) is 0.532. The molecule has 0 saturated carbocycles. The van der Waals surface area contributed by atoms with Gasteiger partial charge in [0, 0.05) is 24.4 Å². The van der Waals surface area contributed by atoms with Crippen LogP contribution in [-0.4, -0.2) is 31.2 Å². The minimum absolute atomic E-state index is 0.0545. The molecule has 6 heteroatoms. The Morgan fingerprint density at radius 2 is 2.10 bits per heavy atom. The van der Waals surface area contributed by atoms with E-state index in [-0.39, 0.29) is 16.0 Å². The number of piperidine rings is 1. The molecule has 116 valence electrons. The summed E-state index contributed by atoms with van der Waals surface area (Å²) in [4.78, 5) is 10.6. The Labute approximate surface area is 125 Å². The Bertz CT molecular complexity index is 499. The van der Waals surface area contributed by atoms with E-state index >= 15 is 0 Å². The fourth-order valence-electron chi connectivity index (χ4n) is 2.56. The molecule has 6 nitrogen and oxygen atoms in total. The van der Waals surface area contributed by atoms with Crippen LogP contribution in [0, 0.1) is 15.5 Å². The number of anilines is 1. The van der Waals surface area contributed by atoms with Gasteiger partial charge in [0.1, 0.15) is 5.75 Å². The van der Waals surface area contributed by atoms with Crippen LogP contribution in [0.5, 0.6) is 5.75 Å². The highest BCUT2D eigenvalue weighted by Gasteiger charge is 2.26. The number of rotatable bonds is 6. The SMILES string of the molecule is CCOc1cc(NCC2(C)CCNCC2)cc([N+](=O)[O-])c1. The Kier molecular flexibility index (Phi) is 5.01. The average molecular weight is 293 g/mol. The van der Waals surface area contributed by atoms with Gasteiger partial charge < -0.3 is 15.4 Å². The van der Waals surface area contributed by atoms with Gasteiger partial charge >= 0.3 is 0 Å². The van der Waals surface area contributed by atoms with Gasteiger partial charge in [-0.2, -0.15) is 0 Å². The van der Waals surface area contributed by atoms with Crippen LogP contribution in [0.1, 0.15) is 26.7 Å². The highest BCUT2D eigenvalue weighted by atomic mass is 16.6. The van der Waals surface area contributed by atoms with Gasteiger partial charge in [-0.25, -0.2) is 0 Å². The zero-order valence-corrected chi connectivity index (χ0v) is 12.6. The molecule has 0 atom stereocenters. The third kappa shape index (κ3) is 4.32. The fraction of sp³-hybridized carbons (Fsp3) is 0.600. The maximum Gasteiger partial charge on any atom is 0.275 e. The van der Waals surface area contributed by atoms with Crippen LogP contribution in [0.15, 0.2) is 18.2 Å². The number of non-ortho nitro benzene ring substituents is 1. The molecule has 1 aromatic carbocycles. The largest absolute Gasteiger partial charge is 0.494 e. The van der Waals surface area contributed by atoms with Crippen molar-refractivity contribution < 1.29 is 9.66 Å². The molecule has 0 radical (unpaired) electrons. The van der Waals surface area contributed by atoms with Crippen LogP contribution >= 0.6 is 0 Å². The Balaban J connectivity index is 2.09. The summed E-state index contributed by atoms with van der Waals surface area (Å²) < 4.78 is 5.40. The first kappa shape index (κ1) is 15.6. The van der Waals surface area contributed by atoms with Gasteiger partial charge in [-0.05, 0) is 38.3 Å². The first-order valence-electron chi connectivity index (χ1n) is 7.39. The van der Waals surface area contributed by atoms with E-state index in [9.17, 15) is 10.1 Å². The molecular weight excluding hydrogens is 270 g/mol. The predicted molar refractivity (Wildman–Crippen MR) is 83.0 cm³/mol. The smallest absolute Gasteiger partial charge is 0.275 e. The van der Waals surface area contributed by atoms with Crippen molar-refractivity contribution in [1.82, 2.24) is 5.32 Å². The summed E-state index contributed by atoms with van der Waals surface area (Å²) in [5.41, 5.74) is 1.02. The number of nitrogens with one attached hydrogen (secondary N) is 2. The molecule has 1 heterocycles. The number of nitrogens with zero attached hydrogens (tertiary/aromatic N) is 1. The molecule has 2 N–H and O–H groups in total. The first-order chi connectivity index (χ1) is 10.0. The van der Waals surface area contributed by atoms with Gasteiger partial charge in [0.05, 0.1) is 17.6 Å². The summed E-state index contributed by atoms with van der Waals surface area (Å²) in [6.45, 7) is 7.46. The number of ether oxygens (including phenoxy) is 1. The summed E-state index contributed by atoms with van der Waals surface area (Å²) in [5, 5.41) is 17.7. The van der Waals surface area contributed by atoms with Gasteiger partial charge in [0.2, 0.25) is 0 Å². The van der Waals surface area contributed by atoms with E-state index in [0.717, 1.165) is 38.2 Å². The van der Waals surface area contributed by atoms with Crippen LogP contribution in [0.3, 0.4) is 0 Å². The highest BCUT2D eigenvalue weighted by molar-refractivity contribution is 5.56. The van der Waals surface area contributed by atoms with Crippen molar-refractivity contribution in [2.24, 2.45) is 5.41 Å². The van der Waals surface area contributed by atoms with E-state index in [1.54, 1.807) is 6.07 Å². The number of nitro groups is 1. The van der Waals surface area contributed by atoms with Crippen LogP contribution in [-0.2, 0) is 0 Å². The van der Waals surface area contributed by atoms with Gasteiger partial charge in [-0.1, -0.05) is 6.92 Å². The molecule has 0 spiro atoms. The minimum Gasteiger partial charge on any atom is -0.494 e. The van der Waals surface area contributed by atoms with Gasteiger partial charge in [0.15, 0.2) is 0 Å². The number of hydrogen-bond donors (Lipinski definition) is 2. The maximum atomic E-state index is 11.0. The van der Waals surface area contributed by atoms with Gasteiger partial charge in [0.25, 0.3) is 5.69 Å². The molecule has 21 heavy (non-hydrogen) atoms. The fourth-order valence-corrected chi connectivity index (χ4v) is 2.56. The maximum absolute atomic E-state index is 11.0. The van der Waals surface area contributed by atoms with E-state index in [0.29, 0.717) is 12.4 Å². The van der Waals surface area contributed by atoms with Gasteiger partial charge in [-0.3, -0.25) is 10.1 Å². The molecule has 2 rings (SSSR count). The number of nitro benzene ring substituents is 1. The first-order valence-corrected chi connectivity index (χ1v) is 7.39. The molecule has 0 bridgehead atoms. The lowest BCUT2D eigenvalue weighted by atomic mass is 9.81. The average Bonchev–Trinajstić information content (AvgIpc) is 2.46. The normalized spacial score (nSPS) is 17.2. The van der Waals surface area contributed by atoms with Crippen LogP contribution in [0.4, 0.5) is 11.4 Å². The second-order valence-electron chi connectivity index (χ2n) is 5.82. The molecule has 1 aromatic rings. The predicted octanol–water partition coefficient (Wildman–Crippen LogP) is 2.80. The quantitative estimate of drug-likeness (QED) is 0.623. The van der Waals surface area contributed by atoms with Crippen molar-refractivity contribution in [1.29, 1.82) is 0 Å². The molecule has 0 amide bonds. The van der Waals surface area contributed by atoms with Gasteiger partial charge in [-0.15, -0.1) is 0 Å². The lowest BCUT2D eigenvalue weighted by molar-refractivity contribution is -0.384. The topological polar surface area (TPSA) is 76.4 Å². The molecule has 1 fully saturated rings. The van der Waals surface area contributed by atoms with E-state index in [1.165, 1.54) is 6.07 Å². The molecule has 1 aliphatic rings.